The van der Waals surface area contributed by atoms with Gasteiger partial charge in [-0.05, 0) is 92.7 Å². The third-order valence-corrected chi connectivity index (χ3v) is 8.89. The molecule has 4 aliphatic rings. The molecule has 7 heteroatoms. The Balaban J connectivity index is 0.00000306. The Morgan fingerprint density at radius 1 is 1.32 bits per heavy atom. The zero-order valence-electron chi connectivity index (χ0n) is 22.0. The van der Waals surface area contributed by atoms with Gasteiger partial charge in [-0.15, -0.1) is 0 Å². The Morgan fingerprint density at radius 3 is 2.75 bits per heavy atom. The maximum atomic E-state index is 11.0. The predicted octanol–water partition coefficient (Wildman–Crippen LogP) is 0.796. The first-order valence-corrected chi connectivity index (χ1v) is 11.4. The summed E-state index contributed by atoms with van der Waals surface area (Å²) >= 11 is 0. The van der Waals surface area contributed by atoms with Gasteiger partial charge >= 0.3 is 29.6 Å². The van der Waals surface area contributed by atoms with E-state index in [4.69, 9.17) is 11.0 Å². The van der Waals surface area contributed by atoms with Gasteiger partial charge in [0.25, 0.3) is 0 Å². The molecule has 0 heterocycles. The number of hydrogen-bond acceptors (Lipinski definition) is 5. The quantitative estimate of drug-likeness (QED) is 0.313. The number of fused-ring (bicyclic) bond motifs is 5. The molecule has 0 unspecified atom stereocenters. The molecule has 0 aromatic heterocycles. The second-order valence-corrected chi connectivity index (χ2v) is 10.5. The van der Waals surface area contributed by atoms with Gasteiger partial charge in [-0.2, -0.15) is 0 Å². The minimum Gasteiger partial charge on any atom is -0.726 e. The van der Waals surface area contributed by atoms with E-state index in [-0.39, 0.29) is 53.2 Å². The van der Waals surface area contributed by atoms with Crippen molar-refractivity contribution < 1.29 is 58.7 Å². The van der Waals surface area contributed by atoms with Gasteiger partial charge < -0.3 is 9.66 Å². The van der Waals surface area contributed by atoms with E-state index in [0.717, 1.165) is 18.4 Å². The Labute approximate surface area is 199 Å². The summed E-state index contributed by atoms with van der Waals surface area (Å²) in [5.74, 6) is -1.24. The summed E-state index contributed by atoms with van der Waals surface area (Å²) in [7, 11) is -4.75. The SMILES string of the molecule is [2H]C([2H])([2H])[C@@]([2H])(O)[C@@]1([2H])CC[C@H]2[C@@H]3CC=C4C[C@@H](OS(=O)(=O)[O-])CC[C@]4(C)[C@H]3CC[C@@]21C.[Na+]. The molecule has 1 N–H and O–H groups in total. The van der Waals surface area contributed by atoms with Crippen LogP contribution in [0.1, 0.15) is 78.9 Å². The van der Waals surface area contributed by atoms with E-state index in [1.54, 1.807) is 0 Å². The molecule has 0 aromatic rings. The van der Waals surface area contributed by atoms with Crippen molar-refractivity contribution in [1.82, 2.24) is 0 Å². The van der Waals surface area contributed by atoms with Crippen LogP contribution in [0.3, 0.4) is 0 Å². The van der Waals surface area contributed by atoms with Crippen molar-refractivity contribution in [3.05, 3.63) is 11.6 Å². The van der Waals surface area contributed by atoms with Crippen LogP contribution in [0.5, 0.6) is 0 Å². The fourth-order valence-corrected chi connectivity index (χ4v) is 7.58. The molecule has 154 valence electrons. The van der Waals surface area contributed by atoms with E-state index in [1.165, 1.54) is 0 Å². The van der Waals surface area contributed by atoms with Crippen LogP contribution in [0.15, 0.2) is 11.6 Å². The van der Waals surface area contributed by atoms with Gasteiger partial charge in [-0.1, -0.05) is 25.5 Å². The fraction of sp³-hybridized carbons (Fsp3) is 0.905. The largest absolute Gasteiger partial charge is 1.00 e. The first kappa shape index (κ1) is 17.2. The average Bonchev–Trinajstić information content (AvgIpc) is 2.93. The Hall–Kier alpha value is 0.570. The minimum absolute atomic E-state index is 0. The van der Waals surface area contributed by atoms with Crippen molar-refractivity contribution >= 4 is 10.4 Å². The zero-order chi connectivity index (χ0) is 24.0. The Morgan fingerprint density at radius 2 is 2.07 bits per heavy atom. The van der Waals surface area contributed by atoms with Crippen LogP contribution in [0.25, 0.3) is 0 Å². The molecule has 3 fully saturated rings. The van der Waals surface area contributed by atoms with E-state index in [0.29, 0.717) is 38.0 Å². The Bertz CT molecular complexity index is 924. The van der Waals surface area contributed by atoms with Crippen LogP contribution in [0.4, 0.5) is 0 Å². The number of allylic oxidation sites excluding steroid dienone is 1. The molecular weight excluding hydrogens is 387 g/mol. The van der Waals surface area contributed by atoms with E-state index in [9.17, 15) is 18.1 Å². The van der Waals surface area contributed by atoms with Gasteiger partial charge in [0.1, 0.15) is 0 Å². The van der Waals surface area contributed by atoms with Gasteiger partial charge in [0.15, 0.2) is 0 Å². The summed E-state index contributed by atoms with van der Waals surface area (Å²) in [6.07, 6.45) is 3.10. The van der Waals surface area contributed by atoms with E-state index < -0.39 is 40.7 Å². The van der Waals surface area contributed by atoms with Crippen molar-refractivity contribution in [2.75, 3.05) is 0 Å². The smallest absolute Gasteiger partial charge is 0.726 e. The predicted molar refractivity (Wildman–Crippen MR) is 101 cm³/mol. The van der Waals surface area contributed by atoms with Crippen molar-refractivity contribution in [3.8, 4) is 0 Å². The minimum atomic E-state index is -4.75. The maximum absolute atomic E-state index is 11.0. The topological polar surface area (TPSA) is 86.7 Å². The molecule has 4 aliphatic carbocycles. The molecule has 0 bridgehead atoms. The molecule has 8 atom stereocenters. The van der Waals surface area contributed by atoms with Crippen LogP contribution in [-0.4, -0.2) is 30.3 Å². The Kier molecular flexibility index (Phi) is 4.86. The zero-order valence-corrected chi connectivity index (χ0v) is 19.8. The second kappa shape index (κ2) is 7.92. The number of rotatable bonds is 3. The molecule has 5 nitrogen and oxygen atoms in total. The molecule has 0 spiro atoms. The van der Waals surface area contributed by atoms with Crippen LogP contribution < -0.4 is 29.6 Å². The third-order valence-electron chi connectivity index (χ3n) is 8.38. The summed E-state index contributed by atoms with van der Waals surface area (Å²) in [5.41, 5.74) is 0.181. The number of hydrogen-bond donors (Lipinski definition) is 1. The summed E-state index contributed by atoms with van der Waals surface area (Å²) in [6, 6.07) is 0. The molecule has 4 rings (SSSR count). The van der Waals surface area contributed by atoms with Crippen LogP contribution in [-0.2, 0) is 14.6 Å². The standard InChI is InChI=1S/C21H34O5S.Na/c1-13(22)17-6-7-18-16-5-4-14-12-15(26-27(23,24)25)8-10-20(14,2)19(16)9-11-21(17,18)3;/h4,13,15-19,22H,5-12H2,1-3H3,(H,23,24,25);/q;+1/p-1/t13-,15+,16+,17-,18+,19+,20+,21-;/m1./s1/i1D3,13D,17D;. The van der Waals surface area contributed by atoms with Gasteiger partial charge in [-0.25, -0.2) is 8.42 Å². The summed E-state index contributed by atoms with van der Waals surface area (Å²) in [5, 5.41) is 10.8. The van der Waals surface area contributed by atoms with Crippen molar-refractivity contribution in [3.63, 3.8) is 0 Å². The number of aliphatic hydroxyl groups is 1. The molecule has 28 heavy (non-hydrogen) atoms. The third kappa shape index (κ3) is 3.80. The van der Waals surface area contributed by atoms with Crippen molar-refractivity contribution in [2.24, 2.45) is 34.5 Å². The summed E-state index contributed by atoms with van der Waals surface area (Å²) < 4.78 is 78.5. The first-order valence-electron chi connectivity index (χ1n) is 12.5. The monoisotopic (exact) mass is 425 g/mol. The molecule has 0 radical (unpaired) electrons. The maximum Gasteiger partial charge on any atom is 1.00 e. The van der Waals surface area contributed by atoms with Gasteiger partial charge in [0, 0.05) is 5.48 Å². The van der Waals surface area contributed by atoms with E-state index in [2.05, 4.69) is 13.0 Å². The van der Waals surface area contributed by atoms with Crippen LogP contribution >= 0.6 is 0 Å². The molecule has 3 saturated carbocycles. The average molecular weight is 426 g/mol. The summed E-state index contributed by atoms with van der Waals surface area (Å²) in [6.45, 7) is 1.12. The molecular formula is C21H33NaO5S. The fourth-order valence-electron chi connectivity index (χ4n) is 7.08. The van der Waals surface area contributed by atoms with Crippen molar-refractivity contribution in [1.29, 1.82) is 0 Å². The summed E-state index contributed by atoms with van der Waals surface area (Å²) in [4.78, 5) is 0. The van der Waals surface area contributed by atoms with E-state index >= 15 is 0 Å². The van der Waals surface area contributed by atoms with Crippen LogP contribution in [0.2, 0.25) is 0 Å². The molecule has 0 amide bonds. The van der Waals surface area contributed by atoms with Crippen molar-refractivity contribution in [2.45, 2.75) is 84.2 Å². The molecule has 0 aromatic carbocycles. The van der Waals surface area contributed by atoms with Gasteiger partial charge in [-0.3, -0.25) is 4.18 Å². The molecule has 0 saturated heterocycles. The molecule has 0 aliphatic heterocycles. The van der Waals surface area contributed by atoms with Crippen LogP contribution in [0, 0.1) is 34.5 Å². The van der Waals surface area contributed by atoms with E-state index in [1.807, 2.05) is 6.92 Å². The van der Waals surface area contributed by atoms with Gasteiger partial charge in [0.05, 0.1) is 13.6 Å². The first-order chi connectivity index (χ1) is 14.5. The second-order valence-electron chi connectivity index (χ2n) is 9.45. The normalized spacial score (nSPS) is 53.3. The van der Waals surface area contributed by atoms with Gasteiger partial charge in [0.2, 0.25) is 10.4 Å².